The van der Waals surface area contributed by atoms with Crippen LogP contribution in [0.15, 0.2) is 36.7 Å². The van der Waals surface area contributed by atoms with E-state index in [-0.39, 0.29) is 0 Å². The van der Waals surface area contributed by atoms with Gasteiger partial charge in [0.1, 0.15) is 17.9 Å². The minimum absolute atomic E-state index is 0.325. The van der Waals surface area contributed by atoms with Crippen LogP contribution in [0.4, 0.5) is 5.82 Å². The van der Waals surface area contributed by atoms with Crippen molar-refractivity contribution in [3.8, 4) is 11.6 Å². The van der Waals surface area contributed by atoms with Crippen molar-refractivity contribution in [2.75, 3.05) is 24.6 Å². The van der Waals surface area contributed by atoms with E-state index in [1.54, 1.807) is 18.5 Å². The average molecular weight is 299 g/mol. The van der Waals surface area contributed by atoms with Crippen LogP contribution in [0.5, 0.6) is 11.6 Å². The number of piperidine rings is 1. The Kier molecular flexibility index (Phi) is 4.42. The van der Waals surface area contributed by atoms with Crippen molar-refractivity contribution in [3.05, 3.63) is 42.2 Å². The number of aromatic hydroxyl groups is 1. The van der Waals surface area contributed by atoms with Crippen molar-refractivity contribution in [2.24, 2.45) is 0 Å². The Morgan fingerprint density at radius 1 is 1.18 bits per heavy atom. The molecule has 116 valence electrons. The number of aromatic nitrogens is 2. The van der Waals surface area contributed by atoms with E-state index < -0.39 is 0 Å². The number of hydrogen-bond donors (Lipinski definition) is 1. The fraction of sp³-hybridized carbons (Fsp3) is 0.412. The van der Waals surface area contributed by atoms with Gasteiger partial charge in [0.25, 0.3) is 0 Å². The molecule has 1 fully saturated rings. The molecule has 0 aliphatic carbocycles. The van der Waals surface area contributed by atoms with Crippen LogP contribution >= 0.6 is 0 Å². The van der Waals surface area contributed by atoms with Gasteiger partial charge in [-0.25, -0.2) is 9.97 Å². The highest BCUT2D eigenvalue weighted by atomic mass is 16.5. The molecule has 5 nitrogen and oxygen atoms in total. The summed E-state index contributed by atoms with van der Waals surface area (Å²) in [7, 11) is 0. The van der Waals surface area contributed by atoms with Crippen LogP contribution in [0.3, 0.4) is 0 Å². The number of hydrogen-bond acceptors (Lipinski definition) is 5. The molecule has 2 aromatic rings. The Morgan fingerprint density at radius 3 is 2.59 bits per heavy atom. The highest BCUT2D eigenvalue weighted by Gasteiger charge is 2.21. The topological polar surface area (TPSA) is 58.5 Å². The average Bonchev–Trinajstić information content (AvgIpc) is 2.56. The molecule has 3 rings (SSSR count). The maximum atomic E-state index is 9.38. The maximum absolute atomic E-state index is 9.38. The number of nitrogens with zero attached hydrogens (tertiary/aromatic N) is 3. The predicted octanol–water partition coefficient (Wildman–Crippen LogP) is 2.96. The van der Waals surface area contributed by atoms with Crippen molar-refractivity contribution >= 4 is 5.82 Å². The van der Waals surface area contributed by atoms with Gasteiger partial charge in [-0.1, -0.05) is 12.1 Å². The lowest BCUT2D eigenvalue weighted by atomic mass is 9.89. The Bertz CT molecular complexity index is 608. The van der Waals surface area contributed by atoms with Gasteiger partial charge in [-0.05, 0) is 43.4 Å². The van der Waals surface area contributed by atoms with E-state index in [1.807, 2.05) is 25.1 Å². The summed E-state index contributed by atoms with van der Waals surface area (Å²) in [5.41, 5.74) is 1.30. The molecule has 0 spiro atoms. The Balaban J connectivity index is 1.64. The zero-order chi connectivity index (χ0) is 15.4. The molecule has 2 heterocycles. The third-order valence-electron chi connectivity index (χ3n) is 4.10. The molecule has 1 N–H and O–H groups in total. The summed E-state index contributed by atoms with van der Waals surface area (Å²) in [6, 6.07) is 9.48. The molecule has 0 unspecified atom stereocenters. The number of ether oxygens (including phenoxy) is 1. The van der Waals surface area contributed by atoms with Crippen LogP contribution in [-0.4, -0.2) is 34.8 Å². The molecule has 1 saturated heterocycles. The Morgan fingerprint density at radius 2 is 1.91 bits per heavy atom. The van der Waals surface area contributed by atoms with Crippen molar-refractivity contribution in [2.45, 2.75) is 25.7 Å². The largest absolute Gasteiger partial charge is 0.508 e. The summed E-state index contributed by atoms with van der Waals surface area (Å²) in [4.78, 5) is 10.7. The van der Waals surface area contributed by atoms with E-state index in [2.05, 4.69) is 14.9 Å². The van der Waals surface area contributed by atoms with Crippen LogP contribution in [0, 0.1) is 0 Å². The van der Waals surface area contributed by atoms with E-state index >= 15 is 0 Å². The highest BCUT2D eigenvalue weighted by molar-refractivity contribution is 5.42. The van der Waals surface area contributed by atoms with Gasteiger partial charge in [0.2, 0.25) is 5.88 Å². The fourth-order valence-electron chi connectivity index (χ4n) is 2.92. The van der Waals surface area contributed by atoms with Gasteiger partial charge in [0, 0.05) is 19.2 Å². The van der Waals surface area contributed by atoms with Gasteiger partial charge >= 0.3 is 0 Å². The second-order valence-corrected chi connectivity index (χ2v) is 5.50. The first-order valence-electron chi connectivity index (χ1n) is 7.75. The van der Waals surface area contributed by atoms with Gasteiger partial charge in [0.15, 0.2) is 0 Å². The van der Waals surface area contributed by atoms with E-state index in [9.17, 15) is 5.11 Å². The number of anilines is 1. The minimum atomic E-state index is 0.325. The van der Waals surface area contributed by atoms with E-state index in [4.69, 9.17) is 4.74 Å². The molecule has 1 aliphatic heterocycles. The van der Waals surface area contributed by atoms with E-state index in [0.717, 1.165) is 31.7 Å². The molecule has 0 saturated carbocycles. The third kappa shape index (κ3) is 3.30. The zero-order valence-corrected chi connectivity index (χ0v) is 12.8. The van der Waals surface area contributed by atoms with Crippen LogP contribution < -0.4 is 9.64 Å². The van der Waals surface area contributed by atoms with Crippen LogP contribution in [0.1, 0.15) is 31.2 Å². The van der Waals surface area contributed by atoms with Gasteiger partial charge < -0.3 is 14.7 Å². The van der Waals surface area contributed by atoms with Gasteiger partial charge in [-0.15, -0.1) is 0 Å². The molecule has 0 bridgehead atoms. The summed E-state index contributed by atoms with van der Waals surface area (Å²) in [5, 5.41) is 9.38. The lowest BCUT2D eigenvalue weighted by molar-refractivity contribution is 0.326. The second kappa shape index (κ2) is 6.64. The molecule has 1 aromatic heterocycles. The van der Waals surface area contributed by atoms with Gasteiger partial charge in [0.05, 0.1) is 6.61 Å². The van der Waals surface area contributed by atoms with Gasteiger partial charge in [-0.3, -0.25) is 0 Å². The molecule has 22 heavy (non-hydrogen) atoms. The maximum Gasteiger partial charge on any atom is 0.218 e. The number of rotatable bonds is 4. The summed E-state index contributed by atoms with van der Waals surface area (Å²) in [6.07, 6.45) is 3.73. The normalized spacial score (nSPS) is 15.8. The first-order chi connectivity index (χ1) is 10.8. The first-order valence-corrected chi connectivity index (χ1v) is 7.75. The lowest BCUT2D eigenvalue weighted by Crippen LogP contribution is -2.33. The summed E-state index contributed by atoms with van der Waals surface area (Å²) in [5.74, 6) is 2.44. The van der Waals surface area contributed by atoms with Crippen molar-refractivity contribution in [1.82, 2.24) is 9.97 Å². The SMILES string of the molecule is CCOc1cc(N2CCC(c3ccc(O)cc3)CC2)ncn1. The lowest BCUT2D eigenvalue weighted by Gasteiger charge is -2.33. The predicted molar refractivity (Wildman–Crippen MR) is 85.5 cm³/mol. The monoisotopic (exact) mass is 299 g/mol. The Hall–Kier alpha value is -2.30. The molecule has 5 heteroatoms. The van der Waals surface area contributed by atoms with Crippen LogP contribution in [0.25, 0.3) is 0 Å². The second-order valence-electron chi connectivity index (χ2n) is 5.50. The minimum Gasteiger partial charge on any atom is -0.508 e. The fourth-order valence-corrected chi connectivity index (χ4v) is 2.92. The summed E-state index contributed by atoms with van der Waals surface area (Å²) >= 11 is 0. The van der Waals surface area contributed by atoms with E-state index in [0.29, 0.717) is 24.2 Å². The first kappa shape index (κ1) is 14.6. The third-order valence-corrected chi connectivity index (χ3v) is 4.10. The summed E-state index contributed by atoms with van der Waals surface area (Å²) < 4.78 is 5.44. The van der Waals surface area contributed by atoms with Crippen molar-refractivity contribution in [1.29, 1.82) is 0 Å². The summed E-state index contributed by atoms with van der Waals surface area (Å²) in [6.45, 7) is 4.49. The van der Waals surface area contributed by atoms with Crippen molar-refractivity contribution < 1.29 is 9.84 Å². The zero-order valence-electron chi connectivity index (χ0n) is 12.8. The molecule has 1 aliphatic rings. The molecular formula is C17H21N3O2. The Labute approximate surface area is 130 Å². The number of phenols is 1. The quantitative estimate of drug-likeness (QED) is 0.940. The van der Waals surface area contributed by atoms with Crippen LogP contribution in [-0.2, 0) is 0 Å². The molecule has 0 amide bonds. The standard InChI is InChI=1S/C17H21N3O2/c1-2-22-17-11-16(18-12-19-17)20-9-7-14(8-10-20)13-3-5-15(21)6-4-13/h3-6,11-12,14,21H,2,7-10H2,1H3. The molecule has 0 atom stereocenters. The van der Waals surface area contributed by atoms with Crippen LogP contribution in [0.2, 0.25) is 0 Å². The molecule has 1 aromatic carbocycles. The van der Waals surface area contributed by atoms with Crippen molar-refractivity contribution in [3.63, 3.8) is 0 Å². The number of phenolic OH excluding ortho intramolecular Hbond substituents is 1. The molecular weight excluding hydrogens is 278 g/mol. The van der Waals surface area contributed by atoms with E-state index in [1.165, 1.54) is 5.56 Å². The van der Waals surface area contributed by atoms with Gasteiger partial charge in [-0.2, -0.15) is 0 Å². The molecule has 0 radical (unpaired) electrons. The smallest absolute Gasteiger partial charge is 0.218 e. The highest BCUT2D eigenvalue weighted by Crippen LogP contribution is 2.31. The number of benzene rings is 1.